The van der Waals surface area contributed by atoms with E-state index in [1.54, 1.807) is 12.1 Å². The highest BCUT2D eigenvalue weighted by atomic mass is 16.5. The van der Waals surface area contributed by atoms with Crippen molar-refractivity contribution in [1.82, 2.24) is 0 Å². The maximum Gasteiger partial charge on any atom is 0.342 e. The van der Waals surface area contributed by atoms with Gasteiger partial charge in [0.2, 0.25) is 5.91 Å². The molecule has 0 heterocycles. The third kappa shape index (κ3) is 4.57. The van der Waals surface area contributed by atoms with Gasteiger partial charge in [-0.05, 0) is 36.4 Å². The molecule has 7 heteroatoms. The number of ketones is 1. The van der Waals surface area contributed by atoms with E-state index in [0.717, 1.165) is 0 Å². The van der Waals surface area contributed by atoms with Crippen molar-refractivity contribution in [3.63, 3.8) is 0 Å². The molecule has 0 saturated carbocycles. The molecule has 0 aliphatic heterocycles. The zero-order chi connectivity index (χ0) is 18.4. The van der Waals surface area contributed by atoms with Gasteiger partial charge in [-0.25, -0.2) is 4.79 Å². The summed E-state index contributed by atoms with van der Waals surface area (Å²) in [6.07, 6.45) is 0. The third-order valence-electron chi connectivity index (χ3n) is 3.30. The Morgan fingerprint density at radius 1 is 1.08 bits per heavy atom. The number of carbonyl (C=O) groups is 3. The molecule has 0 atom stereocenters. The first-order valence-corrected chi connectivity index (χ1v) is 7.36. The molecular formula is C18H17NO6. The number of hydrogen-bond acceptors (Lipinski definition) is 6. The van der Waals surface area contributed by atoms with Crippen LogP contribution in [0.3, 0.4) is 0 Å². The number of Topliss-reactive ketones (excluding diaryl/α,β-unsaturated/α-hetero) is 1. The van der Waals surface area contributed by atoms with Crippen LogP contribution >= 0.6 is 0 Å². The van der Waals surface area contributed by atoms with Crippen LogP contribution in [0, 0.1) is 0 Å². The molecule has 0 aliphatic rings. The van der Waals surface area contributed by atoms with Crippen LogP contribution < -0.4 is 10.1 Å². The molecule has 0 spiro atoms. The summed E-state index contributed by atoms with van der Waals surface area (Å²) in [6.45, 7) is 0.904. The Morgan fingerprint density at radius 2 is 1.76 bits per heavy atom. The number of aromatic hydroxyl groups is 1. The average Bonchev–Trinajstić information content (AvgIpc) is 2.59. The Bertz CT molecular complexity index is 798. The van der Waals surface area contributed by atoms with Crippen molar-refractivity contribution < 1.29 is 29.0 Å². The molecule has 0 aromatic heterocycles. The molecule has 0 saturated heterocycles. The van der Waals surface area contributed by atoms with E-state index in [0.29, 0.717) is 11.3 Å². The molecule has 25 heavy (non-hydrogen) atoms. The number of ether oxygens (including phenoxy) is 2. The number of para-hydroxylation sites is 1. The van der Waals surface area contributed by atoms with Crippen molar-refractivity contribution >= 4 is 23.3 Å². The summed E-state index contributed by atoms with van der Waals surface area (Å²) < 4.78 is 9.86. The van der Waals surface area contributed by atoms with Gasteiger partial charge in [0.1, 0.15) is 5.56 Å². The van der Waals surface area contributed by atoms with Crippen LogP contribution in [0.25, 0.3) is 0 Å². The molecule has 2 rings (SSSR count). The zero-order valence-corrected chi connectivity index (χ0v) is 13.7. The molecule has 2 aromatic carbocycles. The molecule has 2 aromatic rings. The van der Waals surface area contributed by atoms with Gasteiger partial charge in [-0.2, -0.15) is 0 Å². The van der Waals surface area contributed by atoms with Crippen LogP contribution in [0.4, 0.5) is 5.69 Å². The first kappa shape index (κ1) is 18.0. The lowest BCUT2D eigenvalue weighted by Crippen LogP contribution is -2.14. The maximum atomic E-state index is 12.1. The van der Waals surface area contributed by atoms with Gasteiger partial charge >= 0.3 is 5.97 Å². The summed E-state index contributed by atoms with van der Waals surface area (Å²) >= 11 is 0. The smallest absolute Gasteiger partial charge is 0.342 e. The van der Waals surface area contributed by atoms with E-state index in [1.165, 1.54) is 44.4 Å². The predicted molar refractivity (Wildman–Crippen MR) is 90.0 cm³/mol. The highest BCUT2D eigenvalue weighted by Gasteiger charge is 2.17. The van der Waals surface area contributed by atoms with Crippen molar-refractivity contribution in [3.8, 4) is 11.5 Å². The Morgan fingerprint density at radius 3 is 2.36 bits per heavy atom. The van der Waals surface area contributed by atoms with Gasteiger partial charge in [0.05, 0.1) is 7.11 Å². The Hall–Kier alpha value is -3.35. The van der Waals surface area contributed by atoms with Crippen LogP contribution in [0.15, 0.2) is 42.5 Å². The number of nitrogens with one attached hydrogen (secondary N) is 1. The summed E-state index contributed by atoms with van der Waals surface area (Å²) in [6, 6.07) is 10.6. The van der Waals surface area contributed by atoms with Crippen LogP contribution in [0.1, 0.15) is 27.6 Å². The number of anilines is 1. The molecule has 0 unspecified atom stereocenters. The van der Waals surface area contributed by atoms with Gasteiger partial charge in [-0.1, -0.05) is 6.07 Å². The topological polar surface area (TPSA) is 102 Å². The number of benzene rings is 2. The van der Waals surface area contributed by atoms with Gasteiger partial charge in [0, 0.05) is 18.2 Å². The highest BCUT2D eigenvalue weighted by molar-refractivity contribution is 6.00. The molecule has 2 N–H and O–H groups in total. The number of carbonyl (C=O) groups excluding carboxylic acids is 3. The molecule has 0 fully saturated rings. The molecule has 0 bridgehead atoms. The van der Waals surface area contributed by atoms with Crippen LogP contribution in [-0.4, -0.2) is 36.5 Å². The minimum absolute atomic E-state index is 0.0897. The van der Waals surface area contributed by atoms with E-state index in [-0.39, 0.29) is 23.0 Å². The maximum absolute atomic E-state index is 12.1. The monoisotopic (exact) mass is 343 g/mol. The zero-order valence-electron chi connectivity index (χ0n) is 13.7. The number of phenols is 1. The van der Waals surface area contributed by atoms with Crippen molar-refractivity contribution in [2.75, 3.05) is 19.0 Å². The minimum atomic E-state index is -0.834. The molecule has 130 valence electrons. The Labute approximate surface area is 144 Å². The van der Waals surface area contributed by atoms with Gasteiger partial charge in [-0.15, -0.1) is 0 Å². The third-order valence-corrected chi connectivity index (χ3v) is 3.30. The van der Waals surface area contributed by atoms with Crippen LogP contribution in [-0.2, 0) is 9.53 Å². The number of rotatable bonds is 6. The van der Waals surface area contributed by atoms with Gasteiger partial charge < -0.3 is 19.9 Å². The lowest BCUT2D eigenvalue weighted by molar-refractivity contribution is -0.114. The standard InChI is InChI=1S/C18H17NO6/c1-11(20)19-13-8-6-12(7-9-13)15(21)10-25-18(23)14-4-3-5-16(24-2)17(14)22/h3-9,22H,10H2,1-2H3,(H,19,20). The fraction of sp³-hybridized carbons (Fsp3) is 0.167. The number of methoxy groups -OCH3 is 1. The summed E-state index contributed by atoms with van der Waals surface area (Å²) in [5.41, 5.74) is 0.798. The van der Waals surface area contributed by atoms with E-state index < -0.39 is 18.4 Å². The minimum Gasteiger partial charge on any atom is -0.504 e. The highest BCUT2D eigenvalue weighted by Crippen LogP contribution is 2.29. The van der Waals surface area contributed by atoms with Crippen molar-refractivity contribution in [2.45, 2.75) is 6.92 Å². The van der Waals surface area contributed by atoms with E-state index in [4.69, 9.17) is 9.47 Å². The number of esters is 1. The quantitative estimate of drug-likeness (QED) is 0.617. The second kappa shape index (κ2) is 7.96. The molecule has 0 aliphatic carbocycles. The summed E-state index contributed by atoms with van der Waals surface area (Å²) in [5, 5.41) is 12.5. The lowest BCUT2D eigenvalue weighted by atomic mass is 10.1. The number of hydrogen-bond donors (Lipinski definition) is 2. The second-order valence-electron chi connectivity index (χ2n) is 5.11. The Kier molecular flexibility index (Phi) is 5.73. The van der Waals surface area contributed by atoms with Gasteiger partial charge in [0.15, 0.2) is 23.9 Å². The summed E-state index contributed by atoms with van der Waals surface area (Å²) in [7, 11) is 1.36. The fourth-order valence-corrected chi connectivity index (χ4v) is 2.09. The SMILES string of the molecule is COc1cccc(C(=O)OCC(=O)c2ccc(NC(C)=O)cc2)c1O. The van der Waals surface area contributed by atoms with Crippen molar-refractivity contribution in [3.05, 3.63) is 53.6 Å². The van der Waals surface area contributed by atoms with Crippen LogP contribution in [0.2, 0.25) is 0 Å². The van der Waals surface area contributed by atoms with E-state index in [1.807, 2.05) is 0 Å². The normalized spacial score (nSPS) is 10.0. The van der Waals surface area contributed by atoms with E-state index in [2.05, 4.69) is 5.32 Å². The predicted octanol–water partition coefficient (Wildman–Crippen LogP) is 2.40. The molecule has 1 amide bonds. The fourth-order valence-electron chi connectivity index (χ4n) is 2.09. The van der Waals surface area contributed by atoms with E-state index in [9.17, 15) is 19.5 Å². The van der Waals surface area contributed by atoms with Gasteiger partial charge in [0.25, 0.3) is 0 Å². The first-order chi connectivity index (χ1) is 11.9. The molecule has 7 nitrogen and oxygen atoms in total. The van der Waals surface area contributed by atoms with Crippen LogP contribution in [0.5, 0.6) is 11.5 Å². The van der Waals surface area contributed by atoms with E-state index >= 15 is 0 Å². The summed E-state index contributed by atoms with van der Waals surface area (Å²) in [4.78, 5) is 35.0. The molecule has 0 radical (unpaired) electrons. The summed E-state index contributed by atoms with van der Waals surface area (Å²) in [5.74, 6) is -1.67. The van der Waals surface area contributed by atoms with Crippen molar-refractivity contribution in [2.24, 2.45) is 0 Å². The second-order valence-corrected chi connectivity index (χ2v) is 5.11. The lowest BCUT2D eigenvalue weighted by Gasteiger charge is -2.09. The number of phenolic OH excluding ortho intramolecular Hbond substituents is 1. The molecular weight excluding hydrogens is 326 g/mol. The first-order valence-electron chi connectivity index (χ1n) is 7.36. The van der Waals surface area contributed by atoms with Crippen molar-refractivity contribution in [1.29, 1.82) is 0 Å². The van der Waals surface area contributed by atoms with Gasteiger partial charge in [-0.3, -0.25) is 9.59 Å². The number of amides is 1. The average molecular weight is 343 g/mol. The Balaban J connectivity index is 2.00. The largest absolute Gasteiger partial charge is 0.504 e.